The molecule has 0 aliphatic rings. The predicted molar refractivity (Wildman–Crippen MR) is 123 cm³/mol. The van der Waals surface area contributed by atoms with Crippen molar-refractivity contribution in [3.63, 3.8) is 0 Å². The molecule has 0 aliphatic heterocycles. The minimum absolute atomic E-state index is 0.218. The van der Waals surface area contributed by atoms with E-state index in [1.807, 2.05) is 55.5 Å². The Bertz CT molecular complexity index is 1260. The molecule has 1 aromatic heterocycles. The van der Waals surface area contributed by atoms with Crippen molar-refractivity contribution < 1.29 is 4.79 Å². The Labute approximate surface area is 180 Å². The van der Waals surface area contributed by atoms with Crippen molar-refractivity contribution in [3.05, 3.63) is 106 Å². The molecular formula is C25H22ClN3O. The Morgan fingerprint density at radius 1 is 1.03 bits per heavy atom. The summed E-state index contributed by atoms with van der Waals surface area (Å²) < 4.78 is 2.24. The molecule has 0 saturated carbocycles. The highest BCUT2D eigenvalue weighted by Crippen LogP contribution is 2.26. The van der Waals surface area contributed by atoms with Crippen molar-refractivity contribution in [2.45, 2.75) is 20.4 Å². The lowest BCUT2D eigenvalue weighted by molar-refractivity contribution is 0.0954. The number of nitrogens with zero attached hydrogens (tertiary/aromatic N) is 2. The average Bonchev–Trinajstić information content (AvgIpc) is 3.00. The van der Waals surface area contributed by atoms with Crippen LogP contribution in [0.25, 0.3) is 10.9 Å². The molecule has 0 bridgehead atoms. The molecule has 1 amide bonds. The molecule has 0 atom stereocenters. The molecule has 0 fully saturated rings. The summed E-state index contributed by atoms with van der Waals surface area (Å²) in [5.74, 6) is -0.218. The number of fused-ring (bicyclic) bond motifs is 1. The quantitative estimate of drug-likeness (QED) is 0.328. The second-order valence-corrected chi connectivity index (χ2v) is 7.68. The molecule has 0 aliphatic carbocycles. The zero-order valence-electron chi connectivity index (χ0n) is 16.9. The van der Waals surface area contributed by atoms with Crippen molar-refractivity contribution in [2.75, 3.05) is 0 Å². The lowest BCUT2D eigenvalue weighted by Gasteiger charge is -2.09. The zero-order chi connectivity index (χ0) is 21.1. The van der Waals surface area contributed by atoms with E-state index in [-0.39, 0.29) is 5.91 Å². The van der Waals surface area contributed by atoms with Gasteiger partial charge in [0.15, 0.2) is 0 Å². The Morgan fingerprint density at radius 2 is 1.80 bits per heavy atom. The van der Waals surface area contributed by atoms with Crippen LogP contribution in [0.5, 0.6) is 0 Å². The van der Waals surface area contributed by atoms with Crippen LogP contribution >= 0.6 is 11.6 Å². The van der Waals surface area contributed by atoms with Gasteiger partial charge in [0.1, 0.15) is 0 Å². The minimum Gasteiger partial charge on any atom is -0.340 e. The normalized spacial score (nSPS) is 11.3. The lowest BCUT2D eigenvalue weighted by atomic mass is 10.1. The Morgan fingerprint density at radius 3 is 2.60 bits per heavy atom. The number of nitrogens with one attached hydrogen (secondary N) is 1. The van der Waals surface area contributed by atoms with Crippen LogP contribution in [-0.2, 0) is 6.54 Å². The van der Waals surface area contributed by atoms with E-state index in [1.165, 1.54) is 0 Å². The van der Waals surface area contributed by atoms with E-state index in [2.05, 4.69) is 40.2 Å². The third-order valence-corrected chi connectivity index (χ3v) is 5.49. The van der Waals surface area contributed by atoms with E-state index < -0.39 is 0 Å². The SMILES string of the molecule is Cc1ccccc1C(=O)N/N=C/c1c(C)n(Cc2cccc(Cl)c2)c2ccccc12. The molecule has 0 saturated heterocycles. The molecule has 0 radical (unpaired) electrons. The van der Waals surface area contributed by atoms with Gasteiger partial charge in [-0.05, 0) is 49.2 Å². The summed E-state index contributed by atoms with van der Waals surface area (Å²) in [6.07, 6.45) is 1.72. The molecule has 150 valence electrons. The Kier molecular flexibility index (Phi) is 5.68. The number of hydrazone groups is 1. The van der Waals surface area contributed by atoms with Gasteiger partial charge in [-0.25, -0.2) is 5.43 Å². The van der Waals surface area contributed by atoms with E-state index >= 15 is 0 Å². The molecule has 4 nitrogen and oxygen atoms in total. The predicted octanol–water partition coefficient (Wildman–Crippen LogP) is 5.72. The van der Waals surface area contributed by atoms with Gasteiger partial charge in [-0.2, -0.15) is 5.10 Å². The van der Waals surface area contributed by atoms with Crippen LogP contribution in [0.15, 0.2) is 77.9 Å². The number of halogens is 1. The number of carbonyl (C=O) groups excluding carboxylic acids is 1. The minimum atomic E-state index is -0.218. The van der Waals surface area contributed by atoms with Crippen LogP contribution in [0.1, 0.15) is 32.7 Å². The number of para-hydroxylation sites is 1. The molecule has 0 unspecified atom stereocenters. The second kappa shape index (κ2) is 8.56. The van der Waals surface area contributed by atoms with Crippen LogP contribution in [0.4, 0.5) is 0 Å². The molecule has 4 rings (SSSR count). The van der Waals surface area contributed by atoms with Crippen LogP contribution in [0.3, 0.4) is 0 Å². The summed E-state index contributed by atoms with van der Waals surface area (Å²) in [5.41, 5.74) is 8.49. The summed E-state index contributed by atoms with van der Waals surface area (Å²) in [6, 6.07) is 23.5. The number of carbonyl (C=O) groups is 1. The lowest BCUT2D eigenvalue weighted by Crippen LogP contribution is -2.18. The third kappa shape index (κ3) is 4.00. The van der Waals surface area contributed by atoms with Gasteiger partial charge >= 0.3 is 0 Å². The van der Waals surface area contributed by atoms with E-state index in [0.717, 1.165) is 38.3 Å². The maximum atomic E-state index is 12.4. The number of benzene rings is 3. The van der Waals surface area contributed by atoms with E-state index in [9.17, 15) is 4.79 Å². The first kappa shape index (κ1) is 19.9. The van der Waals surface area contributed by atoms with E-state index in [0.29, 0.717) is 12.1 Å². The average molecular weight is 416 g/mol. The highest BCUT2D eigenvalue weighted by Gasteiger charge is 2.13. The van der Waals surface area contributed by atoms with E-state index in [4.69, 9.17) is 11.6 Å². The summed E-state index contributed by atoms with van der Waals surface area (Å²) in [6.45, 7) is 4.68. The molecule has 3 aromatic carbocycles. The first-order valence-electron chi connectivity index (χ1n) is 9.76. The van der Waals surface area contributed by atoms with Crippen LogP contribution < -0.4 is 5.43 Å². The summed E-state index contributed by atoms with van der Waals surface area (Å²) in [7, 11) is 0. The van der Waals surface area contributed by atoms with Crippen molar-refractivity contribution in [1.82, 2.24) is 9.99 Å². The topological polar surface area (TPSA) is 46.4 Å². The van der Waals surface area contributed by atoms with Crippen LogP contribution in [0.2, 0.25) is 5.02 Å². The van der Waals surface area contributed by atoms with E-state index in [1.54, 1.807) is 12.3 Å². The van der Waals surface area contributed by atoms with Crippen LogP contribution in [0, 0.1) is 13.8 Å². The zero-order valence-corrected chi connectivity index (χ0v) is 17.6. The number of hydrogen-bond donors (Lipinski definition) is 1. The van der Waals surface area contributed by atoms with Crippen molar-refractivity contribution in [2.24, 2.45) is 5.10 Å². The second-order valence-electron chi connectivity index (χ2n) is 7.25. The van der Waals surface area contributed by atoms with Gasteiger partial charge in [0.2, 0.25) is 0 Å². The number of rotatable bonds is 5. The molecule has 5 heteroatoms. The molecular weight excluding hydrogens is 394 g/mol. The summed E-state index contributed by atoms with van der Waals surface area (Å²) >= 11 is 6.16. The smallest absolute Gasteiger partial charge is 0.271 e. The number of aryl methyl sites for hydroxylation is 1. The monoisotopic (exact) mass is 415 g/mol. The van der Waals surface area contributed by atoms with Gasteiger partial charge in [0.05, 0.1) is 6.21 Å². The fourth-order valence-corrected chi connectivity index (χ4v) is 3.90. The molecule has 1 heterocycles. The first-order chi connectivity index (χ1) is 14.5. The first-order valence-corrected chi connectivity index (χ1v) is 10.1. The van der Waals surface area contributed by atoms with Crippen molar-refractivity contribution in [1.29, 1.82) is 0 Å². The largest absolute Gasteiger partial charge is 0.340 e. The standard InChI is InChI=1S/C25H22ClN3O/c1-17-8-3-4-11-21(17)25(30)28-27-15-23-18(2)29(24-13-6-5-12-22(23)24)16-19-9-7-10-20(26)14-19/h3-15H,16H2,1-2H3,(H,28,30)/b27-15+. The maximum absolute atomic E-state index is 12.4. The van der Waals surface area contributed by atoms with Gasteiger partial charge in [-0.3, -0.25) is 4.79 Å². The van der Waals surface area contributed by atoms with Crippen molar-refractivity contribution >= 4 is 34.6 Å². The molecule has 4 aromatic rings. The van der Waals surface area contributed by atoms with Gasteiger partial charge in [0, 0.05) is 39.3 Å². The van der Waals surface area contributed by atoms with Crippen LogP contribution in [-0.4, -0.2) is 16.7 Å². The molecule has 1 N–H and O–H groups in total. The highest BCUT2D eigenvalue weighted by atomic mass is 35.5. The van der Waals surface area contributed by atoms with Gasteiger partial charge in [-0.15, -0.1) is 0 Å². The molecule has 0 spiro atoms. The third-order valence-electron chi connectivity index (χ3n) is 5.26. The maximum Gasteiger partial charge on any atom is 0.271 e. The number of hydrogen-bond acceptors (Lipinski definition) is 2. The Hall–Kier alpha value is -3.37. The molecule has 30 heavy (non-hydrogen) atoms. The van der Waals surface area contributed by atoms with Gasteiger partial charge in [0.25, 0.3) is 5.91 Å². The summed E-state index contributed by atoms with van der Waals surface area (Å²) in [4.78, 5) is 12.4. The van der Waals surface area contributed by atoms with Crippen molar-refractivity contribution in [3.8, 4) is 0 Å². The number of amides is 1. The van der Waals surface area contributed by atoms with Gasteiger partial charge in [-0.1, -0.05) is 60.1 Å². The Balaban J connectivity index is 1.64. The number of aromatic nitrogens is 1. The fraction of sp³-hybridized carbons (Fsp3) is 0.120. The van der Waals surface area contributed by atoms with Gasteiger partial charge < -0.3 is 4.57 Å². The summed E-state index contributed by atoms with van der Waals surface area (Å²) in [5, 5.41) is 6.06. The highest BCUT2D eigenvalue weighted by molar-refractivity contribution is 6.30. The fourth-order valence-electron chi connectivity index (χ4n) is 3.69.